The number of carbonyl (C=O) groups is 1. The van der Waals surface area contributed by atoms with Crippen molar-refractivity contribution < 1.29 is 4.79 Å². The minimum atomic E-state index is -0.0287. The normalized spacial score (nSPS) is 18.5. The van der Waals surface area contributed by atoms with Crippen LogP contribution in [0, 0.1) is 0 Å². The van der Waals surface area contributed by atoms with Crippen molar-refractivity contribution >= 4 is 23.2 Å². The van der Waals surface area contributed by atoms with E-state index in [1.54, 1.807) is 23.1 Å². The Morgan fingerprint density at radius 1 is 1.42 bits per heavy atom. The highest BCUT2D eigenvalue weighted by molar-refractivity contribution is 6.31. The number of benzene rings is 1. The highest BCUT2D eigenvalue weighted by atomic mass is 35.5. The molecule has 6 nitrogen and oxygen atoms in total. The molecule has 0 spiro atoms. The van der Waals surface area contributed by atoms with Crippen LogP contribution < -0.4 is 5.32 Å². The molecule has 1 N–H and O–H groups in total. The molecule has 1 amide bonds. The van der Waals surface area contributed by atoms with E-state index in [1.807, 2.05) is 6.07 Å². The van der Waals surface area contributed by atoms with Gasteiger partial charge in [0.1, 0.15) is 12.7 Å². The maximum Gasteiger partial charge on any atom is 0.238 e. The maximum absolute atomic E-state index is 12.5. The molecule has 1 atom stereocenters. The van der Waals surface area contributed by atoms with Crippen molar-refractivity contribution in [1.82, 2.24) is 19.7 Å². The van der Waals surface area contributed by atoms with Gasteiger partial charge < -0.3 is 5.32 Å². The molecule has 0 unspecified atom stereocenters. The summed E-state index contributed by atoms with van der Waals surface area (Å²) in [5.41, 5.74) is 1.39. The van der Waals surface area contributed by atoms with Gasteiger partial charge in [-0.25, -0.2) is 9.67 Å². The van der Waals surface area contributed by atoms with Crippen LogP contribution in [0.15, 0.2) is 30.9 Å². The summed E-state index contributed by atoms with van der Waals surface area (Å²) in [7, 11) is 0. The van der Waals surface area contributed by atoms with Gasteiger partial charge in [-0.3, -0.25) is 9.69 Å². The number of likely N-dealkylation sites (tertiary alicyclic amines) is 1. The van der Waals surface area contributed by atoms with Gasteiger partial charge in [-0.1, -0.05) is 24.9 Å². The molecule has 3 rings (SSSR count). The van der Waals surface area contributed by atoms with Crippen LogP contribution in [-0.2, 0) is 4.79 Å². The number of halogens is 1. The second kappa shape index (κ2) is 7.77. The zero-order valence-electron chi connectivity index (χ0n) is 13.8. The SMILES string of the molecule is CC[C@@H]1CCCCN1CC(=O)Nc1cc(Cl)ccc1-n1cncn1. The van der Waals surface area contributed by atoms with Crippen molar-refractivity contribution in [3.63, 3.8) is 0 Å². The van der Waals surface area contributed by atoms with Crippen LogP contribution in [0.1, 0.15) is 32.6 Å². The van der Waals surface area contributed by atoms with Gasteiger partial charge in [0.25, 0.3) is 0 Å². The van der Waals surface area contributed by atoms with Crippen LogP contribution >= 0.6 is 11.6 Å². The predicted molar refractivity (Wildman–Crippen MR) is 94.5 cm³/mol. The van der Waals surface area contributed by atoms with Gasteiger partial charge >= 0.3 is 0 Å². The third-order valence-electron chi connectivity index (χ3n) is 4.47. The molecule has 0 saturated carbocycles. The first-order valence-electron chi connectivity index (χ1n) is 8.36. The number of aromatic nitrogens is 3. The summed E-state index contributed by atoms with van der Waals surface area (Å²) >= 11 is 6.09. The summed E-state index contributed by atoms with van der Waals surface area (Å²) in [6.07, 6.45) is 7.71. The summed E-state index contributed by atoms with van der Waals surface area (Å²) in [6, 6.07) is 5.83. The van der Waals surface area contributed by atoms with Gasteiger partial charge in [0.15, 0.2) is 0 Å². The Morgan fingerprint density at radius 2 is 2.29 bits per heavy atom. The lowest BCUT2D eigenvalue weighted by atomic mass is 10.00. The summed E-state index contributed by atoms with van der Waals surface area (Å²) in [5, 5.41) is 7.67. The Hall–Kier alpha value is -1.92. The molecule has 128 valence electrons. The fourth-order valence-electron chi connectivity index (χ4n) is 3.25. The zero-order valence-corrected chi connectivity index (χ0v) is 14.5. The van der Waals surface area contributed by atoms with E-state index in [4.69, 9.17) is 11.6 Å². The van der Waals surface area contributed by atoms with E-state index in [1.165, 1.54) is 19.2 Å². The Morgan fingerprint density at radius 3 is 3.04 bits per heavy atom. The number of carbonyl (C=O) groups excluding carboxylic acids is 1. The first kappa shape index (κ1) is 16.9. The van der Waals surface area contributed by atoms with Gasteiger partial charge in [0, 0.05) is 11.1 Å². The standard InChI is InChI=1S/C17H22ClN5O/c1-2-14-5-3-4-8-22(14)10-17(24)21-15-9-13(18)6-7-16(15)23-12-19-11-20-23/h6-7,9,11-12,14H,2-5,8,10H2,1H3,(H,21,24)/t14-/m1/s1. The van der Waals surface area contributed by atoms with Crippen LogP contribution in [-0.4, -0.2) is 44.7 Å². The van der Waals surface area contributed by atoms with Crippen LogP contribution in [0.5, 0.6) is 0 Å². The minimum absolute atomic E-state index is 0.0287. The van der Waals surface area contributed by atoms with Crippen molar-refractivity contribution in [1.29, 1.82) is 0 Å². The predicted octanol–water partition coefficient (Wildman–Crippen LogP) is 3.12. The van der Waals surface area contributed by atoms with Gasteiger partial charge in [0.2, 0.25) is 5.91 Å². The number of hydrogen-bond acceptors (Lipinski definition) is 4. The molecule has 1 aliphatic heterocycles. The van der Waals surface area contributed by atoms with E-state index in [0.29, 0.717) is 23.3 Å². The van der Waals surface area contributed by atoms with Gasteiger partial charge in [-0.05, 0) is 44.0 Å². The van der Waals surface area contributed by atoms with Crippen LogP contribution in [0.25, 0.3) is 5.69 Å². The smallest absolute Gasteiger partial charge is 0.238 e. The number of nitrogens with one attached hydrogen (secondary N) is 1. The molecule has 0 bridgehead atoms. The quantitative estimate of drug-likeness (QED) is 0.902. The monoisotopic (exact) mass is 347 g/mol. The fourth-order valence-corrected chi connectivity index (χ4v) is 3.42. The molecule has 0 radical (unpaired) electrons. The number of hydrogen-bond donors (Lipinski definition) is 1. The lowest BCUT2D eigenvalue weighted by Crippen LogP contribution is -2.43. The Bertz CT molecular complexity index is 688. The molecule has 1 fully saturated rings. The van der Waals surface area contributed by atoms with Crippen LogP contribution in [0.3, 0.4) is 0 Å². The molecule has 2 aromatic rings. The molecule has 1 aliphatic rings. The Kier molecular flexibility index (Phi) is 5.48. The summed E-state index contributed by atoms with van der Waals surface area (Å²) in [4.78, 5) is 18.8. The van der Waals surface area contributed by atoms with Crippen molar-refractivity contribution in [2.45, 2.75) is 38.6 Å². The fraction of sp³-hybridized carbons (Fsp3) is 0.471. The molecule has 1 saturated heterocycles. The molecular formula is C17H22ClN5O. The van der Waals surface area contributed by atoms with Crippen molar-refractivity contribution in [3.8, 4) is 5.69 Å². The number of rotatable bonds is 5. The largest absolute Gasteiger partial charge is 0.323 e. The second-order valence-electron chi connectivity index (χ2n) is 6.08. The zero-order chi connectivity index (χ0) is 16.9. The minimum Gasteiger partial charge on any atom is -0.323 e. The highest BCUT2D eigenvalue weighted by Gasteiger charge is 2.23. The molecular weight excluding hydrogens is 326 g/mol. The third-order valence-corrected chi connectivity index (χ3v) is 4.70. The number of anilines is 1. The first-order chi connectivity index (χ1) is 11.7. The molecule has 24 heavy (non-hydrogen) atoms. The lowest BCUT2D eigenvalue weighted by molar-refractivity contribution is -0.118. The molecule has 0 aliphatic carbocycles. The van der Waals surface area contributed by atoms with Gasteiger partial charge in [-0.15, -0.1) is 0 Å². The number of nitrogens with zero attached hydrogens (tertiary/aromatic N) is 4. The second-order valence-corrected chi connectivity index (χ2v) is 6.51. The summed E-state index contributed by atoms with van der Waals surface area (Å²) < 4.78 is 1.61. The lowest BCUT2D eigenvalue weighted by Gasteiger charge is -2.34. The van der Waals surface area contributed by atoms with Crippen molar-refractivity contribution in [2.75, 3.05) is 18.4 Å². The third kappa shape index (κ3) is 3.94. The average molecular weight is 348 g/mol. The molecule has 7 heteroatoms. The number of piperidine rings is 1. The maximum atomic E-state index is 12.5. The Balaban J connectivity index is 1.73. The van der Waals surface area contributed by atoms with Crippen molar-refractivity contribution in [3.05, 3.63) is 35.9 Å². The van der Waals surface area contributed by atoms with Crippen LogP contribution in [0.4, 0.5) is 5.69 Å². The van der Waals surface area contributed by atoms with Crippen LogP contribution in [0.2, 0.25) is 5.02 Å². The van der Waals surface area contributed by atoms with Gasteiger partial charge in [-0.2, -0.15) is 5.10 Å². The highest BCUT2D eigenvalue weighted by Crippen LogP contribution is 2.24. The van der Waals surface area contributed by atoms with E-state index in [-0.39, 0.29) is 5.91 Å². The Labute approximate surface area is 146 Å². The van der Waals surface area contributed by atoms with E-state index in [2.05, 4.69) is 27.2 Å². The first-order valence-corrected chi connectivity index (χ1v) is 8.73. The van der Waals surface area contributed by atoms with E-state index in [0.717, 1.165) is 25.1 Å². The van der Waals surface area contributed by atoms with Gasteiger partial charge in [0.05, 0.1) is 17.9 Å². The van der Waals surface area contributed by atoms with E-state index in [9.17, 15) is 4.79 Å². The topological polar surface area (TPSA) is 63.1 Å². The molecule has 2 heterocycles. The van der Waals surface area contributed by atoms with Crippen molar-refractivity contribution in [2.24, 2.45) is 0 Å². The summed E-state index contributed by atoms with van der Waals surface area (Å²) in [5.74, 6) is -0.0287. The summed E-state index contributed by atoms with van der Waals surface area (Å²) in [6.45, 7) is 3.57. The average Bonchev–Trinajstić information content (AvgIpc) is 3.09. The molecule has 1 aromatic heterocycles. The molecule has 1 aromatic carbocycles. The number of amides is 1. The van der Waals surface area contributed by atoms with E-state index < -0.39 is 0 Å². The van der Waals surface area contributed by atoms with E-state index >= 15 is 0 Å².